The number of hydrogen-bond donors (Lipinski definition) is 3. The molecule has 0 aliphatic carbocycles. The molecule has 0 spiro atoms. The van der Waals surface area contributed by atoms with E-state index in [2.05, 4.69) is 10.0 Å². The van der Waals surface area contributed by atoms with Crippen LogP contribution in [0.15, 0.2) is 29.2 Å². The van der Waals surface area contributed by atoms with Crippen LogP contribution in [0.5, 0.6) is 0 Å². The largest absolute Gasteiger partial charge is 0.377 e. The molecule has 0 radical (unpaired) electrons. The summed E-state index contributed by atoms with van der Waals surface area (Å²) in [6, 6.07) is 5.40. The van der Waals surface area contributed by atoms with Gasteiger partial charge in [0, 0.05) is 18.7 Å². The average Bonchev–Trinajstić information content (AvgIpc) is 3.04. The minimum absolute atomic E-state index is 0.0574. The van der Waals surface area contributed by atoms with E-state index in [4.69, 9.17) is 10.5 Å². The van der Waals surface area contributed by atoms with Gasteiger partial charge in [0.25, 0.3) is 5.91 Å². The molecule has 2 amide bonds. The van der Waals surface area contributed by atoms with Crippen molar-refractivity contribution in [2.45, 2.75) is 23.8 Å². The lowest BCUT2D eigenvalue weighted by atomic mass is 10.2. The highest BCUT2D eigenvalue weighted by Gasteiger charge is 2.20. The molecule has 1 saturated heterocycles. The van der Waals surface area contributed by atoms with Gasteiger partial charge in [0.2, 0.25) is 15.9 Å². The molecule has 126 valence electrons. The van der Waals surface area contributed by atoms with Crippen molar-refractivity contribution < 1.29 is 22.7 Å². The number of rotatable bonds is 7. The van der Waals surface area contributed by atoms with Crippen molar-refractivity contribution in [2.24, 2.45) is 5.73 Å². The molecule has 1 aliphatic rings. The third-order valence-corrected chi connectivity index (χ3v) is 4.81. The highest BCUT2D eigenvalue weighted by atomic mass is 32.2. The van der Waals surface area contributed by atoms with Gasteiger partial charge < -0.3 is 15.8 Å². The lowest BCUT2D eigenvalue weighted by Gasteiger charge is -2.11. The van der Waals surface area contributed by atoms with E-state index in [1.165, 1.54) is 24.3 Å². The van der Waals surface area contributed by atoms with Gasteiger partial charge in [-0.3, -0.25) is 9.59 Å². The van der Waals surface area contributed by atoms with Crippen LogP contribution in [0.25, 0.3) is 0 Å². The van der Waals surface area contributed by atoms with E-state index in [1.54, 1.807) is 0 Å². The quantitative estimate of drug-likeness (QED) is 0.608. The number of benzene rings is 1. The van der Waals surface area contributed by atoms with Gasteiger partial charge in [0.1, 0.15) is 0 Å². The van der Waals surface area contributed by atoms with Crippen LogP contribution >= 0.6 is 0 Å². The first kappa shape index (κ1) is 17.4. The van der Waals surface area contributed by atoms with E-state index in [0.29, 0.717) is 6.61 Å². The van der Waals surface area contributed by atoms with E-state index in [-0.39, 0.29) is 29.7 Å². The predicted molar refractivity (Wildman–Crippen MR) is 82.1 cm³/mol. The van der Waals surface area contributed by atoms with Crippen LogP contribution < -0.4 is 15.8 Å². The van der Waals surface area contributed by atoms with E-state index in [0.717, 1.165) is 12.8 Å². The number of nitrogens with one attached hydrogen (secondary N) is 2. The van der Waals surface area contributed by atoms with Crippen molar-refractivity contribution >= 4 is 21.8 Å². The van der Waals surface area contributed by atoms with Gasteiger partial charge in [0.05, 0.1) is 17.5 Å². The molecule has 0 bridgehead atoms. The first-order valence-corrected chi connectivity index (χ1v) is 8.64. The Kier molecular flexibility index (Phi) is 5.69. The fraction of sp³-hybridized carbons (Fsp3) is 0.429. The molecule has 9 heteroatoms. The van der Waals surface area contributed by atoms with Crippen LogP contribution in [0.1, 0.15) is 23.2 Å². The van der Waals surface area contributed by atoms with Gasteiger partial charge in [-0.2, -0.15) is 0 Å². The standard InChI is InChI=1S/C14H19N3O5S/c15-13(18)9-16-14(19)10-3-5-12(6-4-10)23(20,21)17-8-11-2-1-7-22-11/h3-6,11,17H,1-2,7-9H2,(H2,15,18)(H,16,19)/t11-/m1/s1. The predicted octanol–water partition coefficient (Wildman–Crippen LogP) is -0.641. The average molecular weight is 341 g/mol. The number of ether oxygens (including phenoxy) is 1. The number of primary amides is 1. The van der Waals surface area contributed by atoms with Crippen LogP contribution in [0.3, 0.4) is 0 Å². The van der Waals surface area contributed by atoms with Crippen LogP contribution in [0.4, 0.5) is 0 Å². The number of sulfonamides is 1. The summed E-state index contributed by atoms with van der Waals surface area (Å²) >= 11 is 0. The van der Waals surface area contributed by atoms with Gasteiger partial charge in [-0.15, -0.1) is 0 Å². The van der Waals surface area contributed by atoms with E-state index in [1.807, 2.05) is 0 Å². The first-order chi connectivity index (χ1) is 10.9. The number of carbonyl (C=O) groups is 2. The summed E-state index contributed by atoms with van der Waals surface area (Å²) in [5, 5.41) is 2.32. The molecule has 1 aromatic rings. The maximum Gasteiger partial charge on any atom is 0.251 e. The lowest BCUT2D eigenvalue weighted by molar-refractivity contribution is -0.117. The van der Waals surface area contributed by atoms with Gasteiger partial charge in [-0.25, -0.2) is 13.1 Å². The fourth-order valence-corrected chi connectivity index (χ4v) is 3.21. The summed E-state index contributed by atoms with van der Waals surface area (Å²) in [6.07, 6.45) is 1.67. The van der Waals surface area contributed by atoms with Gasteiger partial charge >= 0.3 is 0 Å². The molecule has 1 aliphatic heterocycles. The zero-order valence-electron chi connectivity index (χ0n) is 12.4. The lowest BCUT2D eigenvalue weighted by Crippen LogP contribution is -2.33. The van der Waals surface area contributed by atoms with Crippen molar-refractivity contribution in [1.29, 1.82) is 0 Å². The molecule has 1 fully saturated rings. The molecule has 4 N–H and O–H groups in total. The second kappa shape index (κ2) is 7.53. The van der Waals surface area contributed by atoms with E-state index in [9.17, 15) is 18.0 Å². The minimum atomic E-state index is -3.65. The summed E-state index contributed by atoms with van der Waals surface area (Å²) in [6.45, 7) is 0.604. The van der Waals surface area contributed by atoms with Crippen molar-refractivity contribution in [3.63, 3.8) is 0 Å². The summed E-state index contributed by atoms with van der Waals surface area (Å²) in [4.78, 5) is 22.4. The zero-order valence-corrected chi connectivity index (χ0v) is 13.3. The molecule has 8 nitrogen and oxygen atoms in total. The molecule has 1 heterocycles. The second-order valence-electron chi connectivity index (χ2n) is 5.16. The number of nitrogens with two attached hydrogens (primary N) is 1. The Morgan fingerprint density at radius 3 is 2.52 bits per heavy atom. The first-order valence-electron chi connectivity index (χ1n) is 7.16. The van der Waals surface area contributed by atoms with Gasteiger partial charge in [0.15, 0.2) is 0 Å². The third kappa shape index (κ3) is 5.02. The molecular weight excluding hydrogens is 322 g/mol. The molecule has 0 aromatic heterocycles. The molecule has 2 rings (SSSR count). The highest BCUT2D eigenvalue weighted by molar-refractivity contribution is 7.89. The van der Waals surface area contributed by atoms with Crippen molar-refractivity contribution in [1.82, 2.24) is 10.0 Å². The smallest absolute Gasteiger partial charge is 0.251 e. The third-order valence-electron chi connectivity index (χ3n) is 3.37. The summed E-state index contributed by atoms with van der Waals surface area (Å²) < 4.78 is 32.2. The minimum Gasteiger partial charge on any atom is -0.377 e. The normalized spacial score (nSPS) is 17.8. The number of carbonyl (C=O) groups excluding carboxylic acids is 2. The Hall–Kier alpha value is -1.97. The summed E-state index contributed by atoms with van der Waals surface area (Å²) in [5.41, 5.74) is 5.17. The van der Waals surface area contributed by atoms with Crippen molar-refractivity contribution in [2.75, 3.05) is 19.7 Å². The Balaban J connectivity index is 1.97. The number of amides is 2. The molecule has 0 saturated carbocycles. The molecule has 1 atom stereocenters. The Bertz CT molecular complexity index is 666. The Labute approximate surface area is 134 Å². The number of hydrogen-bond acceptors (Lipinski definition) is 5. The van der Waals surface area contributed by atoms with Gasteiger partial charge in [-0.05, 0) is 37.1 Å². The van der Waals surface area contributed by atoms with Crippen LogP contribution in [-0.2, 0) is 19.6 Å². The Morgan fingerprint density at radius 1 is 1.26 bits per heavy atom. The Morgan fingerprint density at radius 2 is 1.96 bits per heavy atom. The topological polar surface area (TPSA) is 128 Å². The molecule has 0 unspecified atom stereocenters. The monoisotopic (exact) mass is 341 g/mol. The van der Waals surface area contributed by atoms with Crippen LogP contribution in [0, 0.1) is 0 Å². The maximum atomic E-state index is 12.2. The second-order valence-corrected chi connectivity index (χ2v) is 6.93. The molecular formula is C14H19N3O5S. The molecule has 23 heavy (non-hydrogen) atoms. The van der Waals surface area contributed by atoms with Crippen molar-refractivity contribution in [3.05, 3.63) is 29.8 Å². The fourth-order valence-electron chi connectivity index (χ4n) is 2.15. The van der Waals surface area contributed by atoms with Crippen LogP contribution in [-0.4, -0.2) is 46.0 Å². The maximum absolute atomic E-state index is 12.2. The van der Waals surface area contributed by atoms with Crippen LogP contribution in [0.2, 0.25) is 0 Å². The zero-order chi connectivity index (χ0) is 16.9. The van der Waals surface area contributed by atoms with Gasteiger partial charge in [-0.1, -0.05) is 0 Å². The van der Waals surface area contributed by atoms with Crippen molar-refractivity contribution in [3.8, 4) is 0 Å². The SMILES string of the molecule is NC(=O)CNC(=O)c1ccc(S(=O)(=O)NC[C@H]2CCCO2)cc1. The summed E-state index contributed by atoms with van der Waals surface area (Å²) in [7, 11) is -3.65. The highest BCUT2D eigenvalue weighted by Crippen LogP contribution is 2.14. The van der Waals surface area contributed by atoms with E-state index >= 15 is 0 Å². The van der Waals surface area contributed by atoms with E-state index < -0.39 is 21.8 Å². The molecule has 1 aromatic carbocycles. The summed E-state index contributed by atoms with van der Waals surface area (Å²) in [5.74, 6) is -1.16.